The lowest BCUT2D eigenvalue weighted by Crippen LogP contribution is -2.34. The summed E-state index contributed by atoms with van der Waals surface area (Å²) in [6, 6.07) is 8.55. The third kappa shape index (κ3) is 5.59. The maximum atomic E-state index is 5.29. The maximum Gasteiger partial charge on any atom is 0.119 e. The van der Waals surface area contributed by atoms with Crippen LogP contribution >= 0.6 is 0 Å². The molecule has 0 aliphatic heterocycles. The number of nitrogens with one attached hydrogen (secondary N) is 1. The van der Waals surface area contributed by atoms with Gasteiger partial charge in [0.15, 0.2) is 0 Å². The smallest absolute Gasteiger partial charge is 0.119 e. The first kappa shape index (κ1) is 16.0. The van der Waals surface area contributed by atoms with Crippen molar-refractivity contribution in [1.29, 1.82) is 0 Å². The number of methoxy groups -OCH3 is 2. The Balaban J connectivity index is 2.69. The average molecular weight is 266 g/mol. The molecule has 0 amide bonds. The molecule has 19 heavy (non-hydrogen) atoms. The minimum Gasteiger partial charge on any atom is -0.497 e. The Labute approximate surface area is 116 Å². The molecule has 0 fully saturated rings. The van der Waals surface area contributed by atoms with Crippen molar-refractivity contribution in [3.8, 4) is 5.75 Å². The predicted molar refractivity (Wildman–Crippen MR) is 78.8 cm³/mol. The first-order valence-electron chi connectivity index (χ1n) is 6.76. The Morgan fingerprint density at radius 1 is 1.32 bits per heavy atom. The Hall–Kier alpha value is -1.10. The SMILES string of the molecule is CCNC(CN(C)CCOC)c1cccc(OC)c1. The fraction of sp³-hybridized carbons (Fsp3) is 0.600. The molecule has 0 saturated heterocycles. The molecule has 0 bridgehead atoms. The average Bonchev–Trinajstić information content (AvgIpc) is 2.44. The van der Waals surface area contributed by atoms with Crippen LogP contribution in [0.5, 0.6) is 5.75 Å². The molecule has 0 saturated carbocycles. The molecule has 1 N–H and O–H groups in total. The van der Waals surface area contributed by atoms with Gasteiger partial charge in [0.2, 0.25) is 0 Å². The zero-order valence-electron chi connectivity index (χ0n) is 12.5. The van der Waals surface area contributed by atoms with E-state index in [4.69, 9.17) is 9.47 Å². The maximum absolute atomic E-state index is 5.29. The first-order valence-corrected chi connectivity index (χ1v) is 6.76. The molecule has 0 heterocycles. The van der Waals surface area contributed by atoms with E-state index in [-0.39, 0.29) is 0 Å². The van der Waals surface area contributed by atoms with Crippen LogP contribution in [0.4, 0.5) is 0 Å². The third-order valence-corrected chi connectivity index (χ3v) is 3.12. The lowest BCUT2D eigenvalue weighted by atomic mass is 10.1. The number of likely N-dealkylation sites (N-methyl/N-ethyl adjacent to an activating group) is 2. The number of ether oxygens (including phenoxy) is 2. The fourth-order valence-electron chi connectivity index (χ4n) is 2.04. The van der Waals surface area contributed by atoms with Crippen LogP contribution in [0.25, 0.3) is 0 Å². The highest BCUT2D eigenvalue weighted by Crippen LogP contribution is 2.19. The zero-order chi connectivity index (χ0) is 14.1. The van der Waals surface area contributed by atoms with Gasteiger partial charge in [-0.05, 0) is 31.3 Å². The van der Waals surface area contributed by atoms with E-state index < -0.39 is 0 Å². The summed E-state index contributed by atoms with van der Waals surface area (Å²) in [5, 5.41) is 3.52. The molecule has 0 spiro atoms. The Kier molecular flexibility index (Phi) is 7.48. The number of rotatable bonds is 9. The Morgan fingerprint density at radius 3 is 2.74 bits per heavy atom. The Bertz CT molecular complexity index is 358. The minimum atomic E-state index is 0.307. The standard InChI is InChI=1S/C15H26N2O2/c1-5-16-15(12-17(2)9-10-18-3)13-7-6-8-14(11-13)19-4/h6-8,11,15-16H,5,9-10,12H2,1-4H3. The summed E-state index contributed by atoms with van der Waals surface area (Å²) in [4.78, 5) is 2.27. The van der Waals surface area contributed by atoms with E-state index in [9.17, 15) is 0 Å². The van der Waals surface area contributed by atoms with Crippen LogP contribution in [-0.2, 0) is 4.74 Å². The van der Waals surface area contributed by atoms with Crippen LogP contribution in [0.1, 0.15) is 18.5 Å². The summed E-state index contributed by atoms with van der Waals surface area (Å²) in [6.07, 6.45) is 0. The summed E-state index contributed by atoms with van der Waals surface area (Å²) < 4.78 is 10.4. The van der Waals surface area contributed by atoms with Crippen LogP contribution < -0.4 is 10.1 Å². The number of benzene rings is 1. The largest absolute Gasteiger partial charge is 0.497 e. The molecule has 108 valence electrons. The van der Waals surface area contributed by atoms with Crippen LogP contribution in [0.3, 0.4) is 0 Å². The van der Waals surface area contributed by atoms with Gasteiger partial charge in [0, 0.05) is 26.2 Å². The van der Waals surface area contributed by atoms with Gasteiger partial charge >= 0.3 is 0 Å². The van der Waals surface area contributed by atoms with Crippen LogP contribution in [0.15, 0.2) is 24.3 Å². The summed E-state index contributed by atoms with van der Waals surface area (Å²) in [5.74, 6) is 0.903. The van der Waals surface area contributed by atoms with E-state index in [0.717, 1.165) is 32.0 Å². The van der Waals surface area contributed by atoms with Crippen molar-refractivity contribution in [2.45, 2.75) is 13.0 Å². The molecular formula is C15H26N2O2. The second-order valence-corrected chi connectivity index (χ2v) is 4.64. The van der Waals surface area contributed by atoms with E-state index >= 15 is 0 Å². The van der Waals surface area contributed by atoms with Gasteiger partial charge in [-0.2, -0.15) is 0 Å². The van der Waals surface area contributed by atoms with Crippen molar-refractivity contribution in [3.63, 3.8) is 0 Å². The normalized spacial score (nSPS) is 12.7. The van der Waals surface area contributed by atoms with E-state index in [1.165, 1.54) is 5.56 Å². The van der Waals surface area contributed by atoms with E-state index in [1.54, 1.807) is 14.2 Å². The predicted octanol–water partition coefficient (Wildman–Crippen LogP) is 1.92. The molecule has 4 heteroatoms. The van der Waals surface area contributed by atoms with E-state index in [2.05, 4.69) is 36.3 Å². The topological polar surface area (TPSA) is 33.7 Å². The highest BCUT2D eigenvalue weighted by molar-refractivity contribution is 5.30. The lowest BCUT2D eigenvalue weighted by molar-refractivity contribution is 0.155. The van der Waals surface area contributed by atoms with E-state index in [1.807, 2.05) is 12.1 Å². The van der Waals surface area contributed by atoms with Crippen molar-refractivity contribution in [2.24, 2.45) is 0 Å². The van der Waals surface area contributed by atoms with Crippen LogP contribution in [0, 0.1) is 0 Å². The lowest BCUT2D eigenvalue weighted by Gasteiger charge is -2.25. The highest BCUT2D eigenvalue weighted by Gasteiger charge is 2.13. The van der Waals surface area contributed by atoms with Crippen molar-refractivity contribution in [2.75, 3.05) is 47.5 Å². The molecular weight excluding hydrogens is 240 g/mol. The van der Waals surface area contributed by atoms with Crippen LogP contribution in [0.2, 0.25) is 0 Å². The molecule has 1 atom stereocenters. The second-order valence-electron chi connectivity index (χ2n) is 4.64. The summed E-state index contributed by atoms with van der Waals surface area (Å²) >= 11 is 0. The number of hydrogen-bond donors (Lipinski definition) is 1. The van der Waals surface area contributed by atoms with Crippen molar-refractivity contribution < 1.29 is 9.47 Å². The Morgan fingerprint density at radius 2 is 2.11 bits per heavy atom. The summed E-state index contributed by atoms with van der Waals surface area (Å²) in [7, 11) is 5.55. The van der Waals surface area contributed by atoms with Gasteiger partial charge < -0.3 is 19.7 Å². The van der Waals surface area contributed by atoms with Gasteiger partial charge in [-0.1, -0.05) is 19.1 Å². The molecule has 0 aliphatic carbocycles. The highest BCUT2D eigenvalue weighted by atomic mass is 16.5. The van der Waals surface area contributed by atoms with Gasteiger partial charge in [0.25, 0.3) is 0 Å². The molecule has 1 aromatic carbocycles. The molecule has 4 nitrogen and oxygen atoms in total. The minimum absolute atomic E-state index is 0.307. The number of hydrogen-bond acceptors (Lipinski definition) is 4. The molecule has 0 aromatic heterocycles. The summed E-state index contributed by atoms with van der Waals surface area (Å²) in [6.45, 7) is 5.71. The van der Waals surface area contributed by atoms with Crippen molar-refractivity contribution >= 4 is 0 Å². The zero-order valence-corrected chi connectivity index (χ0v) is 12.5. The number of nitrogens with zero attached hydrogens (tertiary/aromatic N) is 1. The monoisotopic (exact) mass is 266 g/mol. The van der Waals surface area contributed by atoms with Gasteiger partial charge in [-0.25, -0.2) is 0 Å². The molecule has 0 radical (unpaired) electrons. The molecule has 0 aliphatic rings. The van der Waals surface area contributed by atoms with Crippen LogP contribution in [-0.4, -0.2) is 52.4 Å². The van der Waals surface area contributed by atoms with E-state index in [0.29, 0.717) is 6.04 Å². The third-order valence-electron chi connectivity index (χ3n) is 3.12. The van der Waals surface area contributed by atoms with Gasteiger partial charge in [-0.3, -0.25) is 0 Å². The summed E-state index contributed by atoms with van der Waals surface area (Å²) in [5.41, 5.74) is 1.26. The first-order chi connectivity index (χ1) is 9.21. The molecule has 1 unspecified atom stereocenters. The molecule has 1 rings (SSSR count). The van der Waals surface area contributed by atoms with Gasteiger partial charge in [0.05, 0.1) is 13.7 Å². The fourth-order valence-corrected chi connectivity index (χ4v) is 2.04. The van der Waals surface area contributed by atoms with Crippen molar-refractivity contribution in [3.05, 3.63) is 29.8 Å². The molecule has 1 aromatic rings. The van der Waals surface area contributed by atoms with Crippen molar-refractivity contribution in [1.82, 2.24) is 10.2 Å². The second kappa shape index (κ2) is 8.91. The van der Waals surface area contributed by atoms with Gasteiger partial charge in [-0.15, -0.1) is 0 Å². The quantitative estimate of drug-likeness (QED) is 0.740. The van der Waals surface area contributed by atoms with Gasteiger partial charge in [0.1, 0.15) is 5.75 Å².